The zero-order chi connectivity index (χ0) is 13.7. The fourth-order valence-electron chi connectivity index (χ4n) is 1.87. The van der Waals surface area contributed by atoms with E-state index in [1.807, 2.05) is 30.3 Å². The molecule has 0 aliphatic carbocycles. The average molecular weight is 258 g/mol. The van der Waals surface area contributed by atoms with Gasteiger partial charge in [0.2, 0.25) is 0 Å². The first-order valence-corrected chi connectivity index (χ1v) is 6.36. The van der Waals surface area contributed by atoms with Crippen LogP contribution < -0.4 is 9.47 Å². The van der Waals surface area contributed by atoms with E-state index in [-0.39, 0.29) is 0 Å². The highest BCUT2D eigenvalue weighted by atomic mass is 16.5. The Hall–Kier alpha value is -2.16. The van der Waals surface area contributed by atoms with Crippen molar-refractivity contribution in [3.63, 3.8) is 0 Å². The third-order valence-corrected chi connectivity index (χ3v) is 2.87. The van der Waals surface area contributed by atoms with Gasteiger partial charge in [-0.2, -0.15) is 0 Å². The molecule has 0 atom stereocenters. The van der Waals surface area contributed by atoms with Crippen molar-refractivity contribution in [1.29, 1.82) is 0 Å². The summed E-state index contributed by atoms with van der Waals surface area (Å²) in [5, 5.41) is 9.73. The van der Waals surface area contributed by atoms with E-state index in [1.54, 1.807) is 19.2 Å². The van der Waals surface area contributed by atoms with Crippen LogP contribution in [0.1, 0.15) is 18.9 Å². The number of aromatic hydroxyl groups is 1. The number of ether oxygens (including phenoxy) is 2. The van der Waals surface area contributed by atoms with Crippen molar-refractivity contribution in [2.24, 2.45) is 0 Å². The van der Waals surface area contributed by atoms with Crippen molar-refractivity contribution < 1.29 is 14.6 Å². The van der Waals surface area contributed by atoms with E-state index >= 15 is 0 Å². The monoisotopic (exact) mass is 258 g/mol. The zero-order valence-corrected chi connectivity index (χ0v) is 11.2. The van der Waals surface area contributed by atoms with Crippen molar-refractivity contribution in [3.05, 3.63) is 48.0 Å². The van der Waals surface area contributed by atoms with Crippen LogP contribution in [0.4, 0.5) is 0 Å². The molecule has 2 rings (SSSR count). The van der Waals surface area contributed by atoms with Crippen LogP contribution in [0, 0.1) is 0 Å². The number of hydrogen-bond donors (Lipinski definition) is 1. The average Bonchev–Trinajstić information content (AvgIpc) is 2.44. The van der Waals surface area contributed by atoms with Crippen LogP contribution in [-0.4, -0.2) is 12.2 Å². The quantitative estimate of drug-likeness (QED) is 0.875. The van der Waals surface area contributed by atoms with E-state index in [4.69, 9.17) is 9.47 Å². The lowest BCUT2D eigenvalue weighted by molar-refractivity contribution is 0.412. The molecule has 0 aromatic heterocycles. The first-order chi connectivity index (χ1) is 9.22. The predicted molar refractivity (Wildman–Crippen MR) is 75.2 cm³/mol. The maximum absolute atomic E-state index is 9.73. The van der Waals surface area contributed by atoms with Gasteiger partial charge in [0.15, 0.2) is 0 Å². The Kier molecular flexibility index (Phi) is 4.29. The molecule has 0 saturated carbocycles. The lowest BCUT2D eigenvalue weighted by atomic mass is 10.1. The molecule has 19 heavy (non-hydrogen) atoms. The SMILES string of the molecule is CCCc1cc(Oc2ccc(OC)cc2)ccc1O. The Morgan fingerprint density at radius 1 is 0.947 bits per heavy atom. The van der Waals surface area contributed by atoms with Gasteiger partial charge >= 0.3 is 0 Å². The van der Waals surface area contributed by atoms with Crippen LogP contribution in [0.5, 0.6) is 23.0 Å². The van der Waals surface area contributed by atoms with Crippen LogP contribution in [0.15, 0.2) is 42.5 Å². The Labute approximate surface area is 113 Å². The van der Waals surface area contributed by atoms with E-state index in [1.165, 1.54) is 0 Å². The van der Waals surface area contributed by atoms with Crippen LogP contribution in [0.25, 0.3) is 0 Å². The van der Waals surface area contributed by atoms with Crippen molar-refractivity contribution in [3.8, 4) is 23.0 Å². The first-order valence-electron chi connectivity index (χ1n) is 6.36. The maximum atomic E-state index is 9.73. The van der Waals surface area contributed by atoms with Crippen molar-refractivity contribution in [2.45, 2.75) is 19.8 Å². The molecule has 0 saturated heterocycles. The fraction of sp³-hybridized carbons (Fsp3) is 0.250. The molecule has 0 fully saturated rings. The number of phenolic OH excluding ortho intramolecular Hbond substituents is 1. The van der Waals surface area contributed by atoms with Gasteiger partial charge in [0, 0.05) is 0 Å². The van der Waals surface area contributed by atoms with Gasteiger partial charge in [0.05, 0.1) is 7.11 Å². The number of hydrogen-bond acceptors (Lipinski definition) is 3. The minimum Gasteiger partial charge on any atom is -0.508 e. The van der Waals surface area contributed by atoms with Gasteiger partial charge in [0.1, 0.15) is 23.0 Å². The van der Waals surface area contributed by atoms with Gasteiger partial charge in [-0.15, -0.1) is 0 Å². The molecule has 0 aliphatic heterocycles. The van der Waals surface area contributed by atoms with Crippen LogP contribution in [0.2, 0.25) is 0 Å². The second-order valence-corrected chi connectivity index (χ2v) is 4.32. The molecular formula is C16H18O3. The molecule has 0 bridgehead atoms. The highest BCUT2D eigenvalue weighted by molar-refractivity contribution is 5.42. The molecule has 1 N–H and O–H groups in total. The van der Waals surface area contributed by atoms with Crippen molar-refractivity contribution >= 4 is 0 Å². The molecule has 0 aliphatic rings. The lowest BCUT2D eigenvalue weighted by Gasteiger charge is -2.09. The number of rotatable bonds is 5. The van der Waals surface area contributed by atoms with Gasteiger partial charge in [-0.1, -0.05) is 13.3 Å². The number of benzene rings is 2. The van der Waals surface area contributed by atoms with E-state index in [0.29, 0.717) is 5.75 Å². The van der Waals surface area contributed by atoms with E-state index < -0.39 is 0 Å². The maximum Gasteiger partial charge on any atom is 0.127 e. The van der Waals surface area contributed by atoms with E-state index in [9.17, 15) is 5.11 Å². The Balaban J connectivity index is 2.15. The normalized spacial score (nSPS) is 10.2. The molecule has 0 heterocycles. The third-order valence-electron chi connectivity index (χ3n) is 2.87. The minimum atomic E-state index is 0.323. The zero-order valence-electron chi connectivity index (χ0n) is 11.2. The largest absolute Gasteiger partial charge is 0.508 e. The number of methoxy groups -OCH3 is 1. The Morgan fingerprint density at radius 3 is 2.21 bits per heavy atom. The summed E-state index contributed by atoms with van der Waals surface area (Å²) in [6.45, 7) is 2.08. The molecule has 0 radical (unpaired) electrons. The topological polar surface area (TPSA) is 38.7 Å². The van der Waals surface area contributed by atoms with Gasteiger partial charge < -0.3 is 14.6 Å². The summed E-state index contributed by atoms with van der Waals surface area (Å²) in [4.78, 5) is 0. The highest BCUT2D eigenvalue weighted by Crippen LogP contribution is 2.28. The van der Waals surface area contributed by atoms with E-state index in [0.717, 1.165) is 35.7 Å². The van der Waals surface area contributed by atoms with Gasteiger partial charge in [-0.25, -0.2) is 0 Å². The smallest absolute Gasteiger partial charge is 0.127 e. The third kappa shape index (κ3) is 3.41. The van der Waals surface area contributed by atoms with Crippen LogP contribution in [-0.2, 0) is 6.42 Å². The molecule has 2 aromatic carbocycles. The van der Waals surface area contributed by atoms with Crippen molar-refractivity contribution in [1.82, 2.24) is 0 Å². The first kappa shape index (κ1) is 13.3. The second kappa shape index (κ2) is 6.14. The molecule has 100 valence electrons. The summed E-state index contributed by atoms with van der Waals surface area (Å²) < 4.78 is 10.9. The standard InChI is InChI=1S/C16H18O3/c1-3-4-12-11-15(9-10-16(12)17)19-14-7-5-13(18-2)6-8-14/h5-11,17H,3-4H2,1-2H3. The van der Waals surface area contributed by atoms with Gasteiger partial charge in [-0.3, -0.25) is 0 Å². The summed E-state index contributed by atoms with van der Waals surface area (Å²) in [6, 6.07) is 12.7. The molecular weight excluding hydrogens is 240 g/mol. The molecule has 0 unspecified atom stereocenters. The number of phenols is 1. The summed E-state index contributed by atoms with van der Waals surface area (Å²) >= 11 is 0. The fourth-order valence-corrected chi connectivity index (χ4v) is 1.87. The number of aryl methyl sites for hydroxylation is 1. The summed E-state index contributed by atoms with van der Waals surface area (Å²) in [5.41, 5.74) is 0.911. The van der Waals surface area contributed by atoms with E-state index in [2.05, 4.69) is 6.92 Å². The highest BCUT2D eigenvalue weighted by Gasteiger charge is 2.04. The van der Waals surface area contributed by atoms with Gasteiger partial charge in [-0.05, 0) is 54.4 Å². The Morgan fingerprint density at radius 2 is 1.58 bits per heavy atom. The van der Waals surface area contributed by atoms with Gasteiger partial charge in [0.25, 0.3) is 0 Å². The molecule has 2 aromatic rings. The molecule has 3 nitrogen and oxygen atoms in total. The Bertz CT molecular complexity index is 532. The lowest BCUT2D eigenvalue weighted by Crippen LogP contribution is -1.89. The summed E-state index contributed by atoms with van der Waals surface area (Å²) in [5.74, 6) is 2.59. The molecule has 0 amide bonds. The molecule has 3 heteroatoms. The van der Waals surface area contributed by atoms with Crippen molar-refractivity contribution in [2.75, 3.05) is 7.11 Å². The van der Waals surface area contributed by atoms with Crippen LogP contribution in [0.3, 0.4) is 0 Å². The summed E-state index contributed by atoms with van der Waals surface area (Å²) in [7, 11) is 1.63. The molecule has 0 spiro atoms. The van der Waals surface area contributed by atoms with Crippen LogP contribution >= 0.6 is 0 Å². The second-order valence-electron chi connectivity index (χ2n) is 4.32. The minimum absolute atomic E-state index is 0.323. The summed E-state index contributed by atoms with van der Waals surface area (Å²) in [6.07, 6.45) is 1.82. The predicted octanol–water partition coefficient (Wildman–Crippen LogP) is 4.15.